The van der Waals surface area contributed by atoms with E-state index in [2.05, 4.69) is 18.7 Å². The Morgan fingerprint density at radius 3 is 2.75 bits per heavy atom. The van der Waals surface area contributed by atoms with Gasteiger partial charge in [0.25, 0.3) is 0 Å². The second-order valence-corrected chi connectivity index (χ2v) is 4.16. The van der Waals surface area contributed by atoms with E-state index in [4.69, 9.17) is 4.74 Å². The van der Waals surface area contributed by atoms with Crippen molar-refractivity contribution in [3.8, 4) is 0 Å². The van der Waals surface area contributed by atoms with Gasteiger partial charge in [0.15, 0.2) is 0 Å². The van der Waals surface area contributed by atoms with E-state index in [0.29, 0.717) is 0 Å². The number of aliphatic hydroxyl groups is 1. The Bertz CT molecular complexity index is 145. The Morgan fingerprint density at radius 1 is 1.58 bits per heavy atom. The first-order chi connectivity index (χ1) is 5.52. The smallest absolute Gasteiger partial charge is 0.0645 e. The van der Waals surface area contributed by atoms with E-state index in [0.717, 1.165) is 26.3 Å². The lowest BCUT2D eigenvalue weighted by atomic mass is 10.0. The molecule has 1 N–H and O–H groups in total. The summed E-state index contributed by atoms with van der Waals surface area (Å²) in [7, 11) is 0. The van der Waals surface area contributed by atoms with Gasteiger partial charge in [-0.2, -0.15) is 0 Å². The summed E-state index contributed by atoms with van der Waals surface area (Å²) >= 11 is 0. The summed E-state index contributed by atoms with van der Waals surface area (Å²) in [5, 5.41) is 9.25. The third-order valence-electron chi connectivity index (χ3n) is 2.30. The zero-order valence-electron chi connectivity index (χ0n) is 8.21. The number of aliphatic hydroxyl groups excluding tert-OH is 1. The van der Waals surface area contributed by atoms with Crippen molar-refractivity contribution in [2.45, 2.75) is 32.4 Å². The van der Waals surface area contributed by atoms with Crippen LogP contribution in [0.2, 0.25) is 0 Å². The number of nitrogens with zero attached hydrogens (tertiary/aromatic N) is 1. The third kappa shape index (κ3) is 2.44. The fourth-order valence-corrected chi connectivity index (χ4v) is 1.55. The standard InChI is InChI=1S/C9H19NO2/c1-8(11)6-10-4-5-12-7-9(10,2)3/h8,11H,4-7H2,1-3H3/t8-/m1/s1. The Hall–Kier alpha value is -0.120. The van der Waals surface area contributed by atoms with Crippen LogP contribution >= 0.6 is 0 Å². The van der Waals surface area contributed by atoms with E-state index in [1.165, 1.54) is 0 Å². The molecule has 12 heavy (non-hydrogen) atoms. The van der Waals surface area contributed by atoms with Crippen LogP contribution in [0.1, 0.15) is 20.8 Å². The van der Waals surface area contributed by atoms with Crippen LogP contribution < -0.4 is 0 Å². The summed E-state index contributed by atoms with van der Waals surface area (Å²) in [6.07, 6.45) is -0.248. The Morgan fingerprint density at radius 2 is 2.25 bits per heavy atom. The van der Waals surface area contributed by atoms with Gasteiger partial charge in [0.2, 0.25) is 0 Å². The average molecular weight is 173 g/mol. The molecule has 1 aliphatic rings. The number of hydrogen-bond acceptors (Lipinski definition) is 3. The molecule has 72 valence electrons. The van der Waals surface area contributed by atoms with Crippen molar-refractivity contribution in [1.82, 2.24) is 4.90 Å². The minimum absolute atomic E-state index is 0.0786. The average Bonchev–Trinajstić information content (AvgIpc) is 1.92. The predicted octanol–water partition coefficient (Wildman–Crippen LogP) is 0.478. The fourth-order valence-electron chi connectivity index (χ4n) is 1.55. The van der Waals surface area contributed by atoms with E-state index in [9.17, 15) is 5.11 Å². The minimum atomic E-state index is -0.248. The second-order valence-electron chi connectivity index (χ2n) is 4.16. The number of β-amino-alcohol motifs (C(OH)–C–C–N with tert-alkyl or cyclic N) is 1. The molecular weight excluding hydrogens is 154 g/mol. The summed E-state index contributed by atoms with van der Waals surface area (Å²) in [4.78, 5) is 2.28. The molecule has 3 heteroatoms. The van der Waals surface area contributed by atoms with E-state index >= 15 is 0 Å². The first-order valence-corrected chi connectivity index (χ1v) is 4.53. The molecule has 0 aromatic heterocycles. The third-order valence-corrected chi connectivity index (χ3v) is 2.30. The zero-order chi connectivity index (χ0) is 9.19. The SMILES string of the molecule is C[C@@H](O)CN1CCOCC1(C)C. The van der Waals surface area contributed by atoms with Crippen LogP contribution in [-0.4, -0.2) is 48.0 Å². The number of morpholine rings is 1. The second kappa shape index (κ2) is 3.73. The Labute approximate surface area is 74.3 Å². The van der Waals surface area contributed by atoms with E-state index in [1.54, 1.807) is 0 Å². The molecule has 0 aliphatic carbocycles. The highest BCUT2D eigenvalue weighted by atomic mass is 16.5. The lowest BCUT2D eigenvalue weighted by Gasteiger charge is -2.42. The van der Waals surface area contributed by atoms with E-state index in [-0.39, 0.29) is 11.6 Å². The first kappa shape index (κ1) is 9.96. The molecule has 0 spiro atoms. The van der Waals surface area contributed by atoms with Crippen molar-refractivity contribution < 1.29 is 9.84 Å². The summed E-state index contributed by atoms with van der Waals surface area (Å²) in [5.41, 5.74) is 0.0786. The maximum atomic E-state index is 9.25. The first-order valence-electron chi connectivity index (χ1n) is 4.53. The maximum absolute atomic E-state index is 9.25. The fraction of sp³-hybridized carbons (Fsp3) is 1.00. The van der Waals surface area contributed by atoms with Crippen LogP contribution in [0.3, 0.4) is 0 Å². The molecule has 0 radical (unpaired) electrons. The van der Waals surface area contributed by atoms with Crippen molar-refractivity contribution in [1.29, 1.82) is 0 Å². The van der Waals surface area contributed by atoms with Crippen LogP contribution in [0.5, 0.6) is 0 Å². The molecule has 1 atom stereocenters. The van der Waals surface area contributed by atoms with Gasteiger partial charge in [0.1, 0.15) is 0 Å². The topological polar surface area (TPSA) is 32.7 Å². The van der Waals surface area contributed by atoms with Crippen LogP contribution in [0.15, 0.2) is 0 Å². The number of rotatable bonds is 2. The molecule has 0 aromatic rings. The molecule has 0 unspecified atom stereocenters. The normalized spacial score (nSPS) is 27.0. The monoisotopic (exact) mass is 173 g/mol. The van der Waals surface area contributed by atoms with Crippen LogP contribution in [0.4, 0.5) is 0 Å². The van der Waals surface area contributed by atoms with E-state index in [1.807, 2.05) is 6.92 Å². The highest BCUT2D eigenvalue weighted by Gasteiger charge is 2.30. The molecule has 0 bridgehead atoms. The largest absolute Gasteiger partial charge is 0.392 e. The van der Waals surface area contributed by atoms with Gasteiger partial charge in [-0.15, -0.1) is 0 Å². The highest BCUT2D eigenvalue weighted by molar-refractivity contribution is 4.84. The highest BCUT2D eigenvalue weighted by Crippen LogP contribution is 2.18. The van der Waals surface area contributed by atoms with Gasteiger partial charge in [0.05, 0.1) is 19.3 Å². The summed E-state index contributed by atoms with van der Waals surface area (Å²) in [6, 6.07) is 0. The molecule has 1 fully saturated rings. The van der Waals surface area contributed by atoms with Crippen LogP contribution in [-0.2, 0) is 4.74 Å². The molecule has 1 heterocycles. The molecule has 0 saturated carbocycles. The van der Waals surface area contributed by atoms with Crippen molar-refractivity contribution in [2.24, 2.45) is 0 Å². The molecule has 0 amide bonds. The summed E-state index contributed by atoms with van der Waals surface area (Å²) in [5.74, 6) is 0. The maximum Gasteiger partial charge on any atom is 0.0645 e. The van der Waals surface area contributed by atoms with E-state index < -0.39 is 0 Å². The lowest BCUT2D eigenvalue weighted by molar-refractivity contribution is -0.0643. The van der Waals surface area contributed by atoms with Crippen molar-refractivity contribution in [3.05, 3.63) is 0 Å². The Balaban J connectivity index is 2.48. The lowest BCUT2D eigenvalue weighted by Crippen LogP contribution is -2.54. The van der Waals surface area contributed by atoms with Gasteiger partial charge in [-0.1, -0.05) is 0 Å². The summed E-state index contributed by atoms with van der Waals surface area (Å²) in [6.45, 7) is 9.35. The van der Waals surface area contributed by atoms with Crippen molar-refractivity contribution >= 4 is 0 Å². The van der Waals surface area contributed by atoms with Gasteiger partial charge < -0.3 is 9.84 Å². The quantitative estimate of drug-likeness (QED) is 0.659. The van der Waals surface area contributed by atoms with Gasteiger partial charge in [-0.3, -0.25) is 4.90 Å². The molecular formula is C9H19NO2. The molecule has 3 nitrogen and oxygen atoms in total. The number of hydrogen-bond donors (Lipinski definition) is 1. The van der Waals surface area contributed by atoms with Gasteiger partial charge >= 0.3 is 0 Å². The molecule has 0 aromatic carbocycles. The summed E-state index contributed by atoms with van der Waals surface area (Å²) < 4.78 is 5.37. The Kier molecular flexibility index (Phi) is 3.09. The van der Waals surface area contributed by atoms with Crippen LogP contribution in [0.25, 0.3) is 0 Å². The zero-order valence-corrected chi connectivity index (χ0v) is 8.21. The van der Waals surface area contributed by atoms with Gasteiger partial charge in [-0.25, -0.2) is 0 Å². The van der Waals surface area contributed by atoms with Crippen LogP contribution in [0, 0.1) is 0 Å². The minimum Gasteiger partial charge on any atom is -0.392 e. The van der Waals surface area contributed by atoms with Crippen molar-refractivity contribution in [3.63, 3.8) is 0 Å². The number of ether oxygens (including phenoxy) is 1. The molecule has 1 aliphatic heterocycles. The van der Waals surface area contributed by atoms with Crippen molar-refractivity contribution in [2.75, 3.05) is 26.3 Å². The van der Waals surface area contributed by atoms with Gasteiger partial charge in [0, 0.05) is 18.6 Å². The predicted molar refractivity (Wildman–Crippen MR) is 48.2 cm³/mol. The molecule has 1 saturated heterocycles. The van der Waals surface area contributed by atoms with Gasteiger partial charge in [-0.05, 0) is 20.8 Å². The molecule has 1 rings (SSSR count).